The SMILES string of the molecule is Oc1ccc2c(c1)O[C@H](c1ccc(OCCN3CCSCC3)cc1)C1=C2CCOc2cc(O)ccc21. The molecule has 0 aromatic heterocycles. The predicted octanol–water partition coefficient (Wildman–Crippen LogP) is 5.35. The molecule has 1 atom stereocenters. The van der Waals surface area contributed by atoms with Crippen molar-refractivity contribution in [3.8, 4) is 28.7 Å². The Bertz CT molecular complexity index is 1280. The number of hydrogen-bond acceptors (Lipinski definition) is 7. The van der Waals surface area contributed by atoms with E-state index in [1.54, 1.807) is 24.3 Å². The van der Waals surface area contributed by atoms with E-state index in [2.05, 4.69) is 4.90 Å². The number of fused-ring (bicyclic) bond motifs is 4. The first-order valence-electron chi connectivity index (χ1n) is 12.4. The lowest BCUT2D eigenvalue weighted by Gasteiger charge is -2.31. The minimum Gasteiger partial charge on any atom is -0.508 e. The Hall–Kier alpha value is -3.29. The molecule has 6 rings (SSSR count). The first-order chi connectivity index (χ1) is 17.7. The van der Waals surface area contributed by atoms with Gasteiger partial charge in [0, 0.05) is 66.4 Å². The molecule has 6 nitrogen and oxygen atoms in total. The highest BCUT2D eigenvalue weighted by molar-refractivity contribution is 7.99. The maximum absolute atomic E-state index is 10.1. The monoisotopic (exact) mass is 503 g/mol. The molecule has 3 aromatic rings. The Morgan fingerprint density at radius 3 is 2.39 bits per heavy atom. The molecule has 0 aliphatic carbocycles. The zero-order valence-corrected chi connectivity index (χ0v) is 20.8. The zero-order chi connectivity index (χ0) is 24.5. The zero-order valence-electron chi connectivity index (χ0n) is 20.0. The van der Waals surface area contributed by atoms with Crippen LogP contribution in [0.2, 0.25) is 0 Å². The Morgan fingerprint density at radius 2 is 1.61 bits per heavy atom. The molecule has 3 aliphatic rings. The van der Waals surface area contributed by atoms with Gasteiger partial charge < -0.3 is 24.4 Å². The highest BCUT2D eigenvalue weighted by atomic mass is 32.2. The third-order valence-electron chi connectivity index (χ3n) is 6.95. The van der Waals surface area contributed by atoms with Crippen LogP contribution in [-0.2, 0) is 0 Å². The summed E-state index contributed by atoms with van der Waals surface area (Å²) in [5, 5.41) is 20.2. The van der Waals surface area contributed by atoms with Crippen molar-refractivity contribution >= 4 is 22.9 Å². The molecule has 0 radical (unpaired) electrons. The fourth-order valence-corrected chi connectivity index (χ4v) is 6.11. The average molecular weight is 504 g/mol. The maximum Gasteiger partial charge on any atom is 0.150 e. The topological polar surface area (TPSA) is 71.4 Å². The minimum atomic E-state index is -0.390. The van der Waals surface area contributed by atoms with Crippen molar-refractivity contribution in [3.05, 3.63) is 77.4 Å². The van der Waals surface area contributed by atoms with E-state index in [1.165, 1.54) is 11.5 Å². The van der Waals surface area contributed by atoms with E-state index in [0.29, 0.717) is 31.1 Å². The van der Waals surface area contributed by atoms with Gasteiger partial charge in [-0.2, -0.15) is 11.8 Å². The number of rotatable bonds is 5. The van der Waals surface area contributed by atoms with Gasteiger partial charge in [-0.25, -0.2) is 0 Å². The Balaban J connectivity index is 1.31. The van der Waals surface area contributed by atoms with Crippen LogP contribution >= 0.6 is 11.8 Å². The van der Waals surface area contributed by atoms with Gasteiger partial charge in [0.25, 0.3) is 0 Å². The standard InChI is InChI=1S/C29H29NO5S/c31-20-4-8-25-26(17-20)34-13-9-24-23-7-3-21(32)18-27(23)35-29(28(24)25)19-1-5-22(6-2-19)33-14-10-30-11-15-36-16-12-30/h1-8,17-18,29,31-32H,9-16H2/t29-/m1/s1. The van der Waals surface area contributed by atoms with Gasteiger partial charge in [-0.1, -0.05) is 12.1 Å². The number of phenols is 2. The molecule has 3 heterocycles. The number of ether oxygens (including phenoxy) is 3. The molecule has 3 aromatic carbocycles. The lowest BCUT2D eigenvalue weighted by Crippen LogP contribution is -2.35. The maximum atomic E-state index is 10.1. The van der Waals surface area contributed by atoms with E-state index >= 15 is 0 Å². The van der Waals surface area contributed by atoms with E-state index in [1.807, 2.05) is 48.2 Å². The first kappa shape index (κ1) is 23.1. The van der Waals surface area contributed by atoms with Gasteiger partial charge in [0.2, 0.25) is 0 Å². The Labute approximate surface area is 215 Å². The van der Waals surface area contributed by atoms with E-state index in [-0.39, 0.29) is 17.6 Å². The highest BCUT2D eigenvalue weighted by Gasteiger charge is 2.34. The number of aromatic hydroxyl groups is 2. The van der Waals surface area contributed by atoms with Crippen molar-refractivity contribution in [1.29, 1.82) is 0 Å². The van der Waals surface area contributed by atoms with E-state index < -0.39 is 0 Å². The second-order valence-electron chi connectivity index (χ2n) is 9.22. The molecule has 7 heteroatoms. The van der Waals surface area contributed by atoms with Crippen molar-refractivity contribution in [2.45, 2.75) is 12.5 Å². The summed E-state index contributed by atoms with van der Waals surface area (Å²) >= 11 is 2.01. The van der Waals surface area contributed by atoms with Crippen LogP contribution in [0.4, 0.5) is 0 Å². The number of hydrogen-bond donors (Lipinski definition) is 2. The highest BCUT2D eigenvalue weighted by Crippen LogP contribution is 2.51. The van der Waals surface area contributed by atoms with Crippen LogP contribution in [0.15, 0.2) is 60.7 Å². The fraction of sp³-hybridized carbons (Fsp3) is 0.310. The molecule has 1 fully saturated rings. The van der Waals surface area contributed by atoms with E-state index in [9.17, 15) is 10.2 Å². The van der Waals surface area contributed by atoms with Gasteiger partial charge in [0.1, 0.15) is 41.5 Å². The first-order valence-corrected chi connectivity index (χ1v) is 13.5. The number of benzene rings is 3. The molecule has 0 saturated carbocycles. The molecule has 0 spiro atoms. The molecule has 186 valence electrons. The van der Waals surface area contributed by atoms with Crippen molar-refractivity contribution in [3.63, 3.8) is 0 Å². The van der Waals surface area contributed by atoms with Crippen molar-refractivity contribution in [2.24, 2.45) is 0 Å². The molecule has 0 unspecified atom stereocenters. The van der Waals surface area contributed by atoms with Crippen LogP contribution in [0.5, 0.6) is 28.7 Å². The van der Waals surface area contributed by atoms with Gasteiger partial charge in [-0.3, -0.25) is 4.90 Å². The largest absolute Gasteiger partial charge is 0.508 e. The summed E-state index contributed by atoms with van der Waals surface area (Å²) in [6, 6.07) is 18.6. The van der Waals surface area contributed by atoms with Gasteiger partial charge in [0.15, 0.2) is 0 Å². The van der Waals surface area contributed by atoms with Crippen LogP contribution in [0.1, 0.15) is 29.2 Å². The van der Waals surface area contributed by atoms with E-state index in [4.69, 9.17) is 14.2 Å². The van der Waals surface area contributed by atoms with Crippen LogP contribution in [-0.4, -0.2) is 59.5 Å². The van der Waals surface area contributed by atoms with Crippen LogP contribution in [0.3, 0.4) is 0 Å². The van der Waals surface area contributed by atoms with Gasteiger partial charge >= 0.3 is 0 Å². The van der Waals surface area contributed by atoms with Crippen LogP contribution in [0.25, 0.3) is 11.1 Å². The summed E-state index contributed by atoms with van der Waals surface area (Å²) in [5.74, 6) is 4.87. The van der Waals surface area contributed by atoms with Crippen molar-refractivity contribution in [2.75, 3.05) is 44.4 Å². The summed E-state index contributed by atoms with van der Waals surface area (Å²) < 4.78 is 18.6. The van der Waals surface area contributed by atoms with Gasteiger partial charge in [0.05, 0.1) is 6.61 Å². The quantitative estimate of drug-likeness (QED) is 0.486. The second kappa shape index (κ2) is 9.99. The smallest absolute Gasteiger partial charge is 0.150 e. The lowest BCUT2D eigenvalue weighted by molar-refractivity contribution is 0.222. The molecule has 1 saturated heterocycles. The number of nitrogens with zero attached hydrogens (tertiary/aromatic N) is 1. The molecule has 3 aliphatic heterocycles. The normalized spacial score (nSPS) is 19.3. The third kappa shape index (κ3) is 4.61. The second-order valence-corrected chi connectivity index (χ2v) is 10.4. The molecule has 2 N–H and O–H groups in total. The number of thioether (sulfide) groups is 1. The molecule has 0 amide bonds. The van der Waals surface area contributed by atoms with Crippen LogP contribution in [0, 0.1) is 0 Å². The summed E-state index contributed by atoms with van der Waals surface area (Å²) in [6.07, 6.45) is 0.303. The van der Waals surface area contributed by atoms with Crippen molar-refractivity contribution < 1.29 is 24.4 Å². The lowest BCUT2D eigenvalue weighted by atomic mass is 9.84. The average Bonchev–Trinajstić information content (AvgIpc) is 3.08. The van der Waals surface area contributed by atoms with Crippen LogP contribution < -0.4 is 14.2 Å². The van der Waals surface area contributed by atoms with Gasteiger partial charge in [-0.05, 0) is 47.5 Å². The summed E-state index contributed by atoms with van der Waals surface area (Å²) in [7, 11) is 0. The third-order valence-corrected chi connectivity index (χ3v) is 7.89. The van der Waals surface area contributed by atoms with Gasteiger partial charge in [-0.15, -0.1) is 0 Å². The van der Waals surface area contributed by atoms with Crippen molar-refractivity contribution in [1.82, 2.24) is 4.90 Å². The Morgan fingerprint density at radius 1 is 0.889 bits per heavy atom. The summed E-state index contributed by atoms with van der Waals surface area (Å²) in [5.41, 5.74) is 5.00. The Kier molecular flexibility index (Phi) is 6.42. The predicted molar refractivity (Wildman–Crippen MR) is 142 cm³/mol. The molecule has 0 bridgehead atoms. The molecular formula is C29H29NO5S. The van der Waals surface area contributed by atoms with E-state index in [0.717, 1.165) is 53.2 Å². The minimum absolute atomic E-state index is 0.168. The number of phenolic OH excluding ortho intramolecular Hbond substituents is 2. The molecule has 36 heavy (non-hydrogen) atoms. The summed E-state index contributed by atoms with van der Waals surface area (Å²) in [4.78, 5) is 2.45. The molecular weight excluding hydrogens is 474 g/mol. The fourth-order valence-electron chi connectivity index (χ4n) is 5.13. The summed E-state index contributed by atoms with van der Waals surface area (Å²) in [6.45, 7) is 4.35.